The van der Waals surface area contributed by atoms with E-state index in [4.69, 9.17) is 0 Å². The Labute approximate surface area is 116 Å². The topological polar surface area (TPSA) is 15.3 Å². The van der Waals surface area contributed by atoms with Crippen molar-refractivity contribution in [3.8, 4) is 0 Å². The molecule has 1 aliphatic heterocycles. The van der Waals surface area contributed by atoms with E-state index in [2.05, 4.69) is 24.1 Å². The second kappa shape index (κ2) is 6.49. The number of benzene rings is 1. The van der Waals surface area contributed by atoms with Crippen molar-refractivity contribution in [3.63, 3.8) is 0 Å². The Hall–Kier alpha value is -0.930. The number of hydrogen-bond donors (Lipinski definition) is 1. The number of halogens is 1. The molecule has 1 aliphatic rings. The lowest BCUT2D eigenvalue weighted by Gasteiger charge is -2.35. The van der Waals surface area contributed by atoms with Crippen molar-refractivity contribution >= 4 is 0 Å². The highest BCUT2D eigenvalue weighted by Crippen LogP contribution is 2.21. The van der Waals surface area contributed by atoms with Crippen molar-refractivity contribution in [1.29, 1.82) is 0 Å². The van der Waals surface area contributed by atoms with E-state index in [9.17, 15) is 4.39 Å². The van der Waals surface area contributed by atoms with Gasteiger partial charge in [0.2, 0.25) is 0 Å². The van der Waals surface area contributed by atoms with E-state index in [0.29, 0.717) is 0 Å². The normalized spacial score (nSPS) is 20.2. The Balaban J connectivity index is 2.09. The third kappa shape index (κ3) is 3.54. The van der Waals surface area contributed by atoms with Crippen LogP contribution in [0.4, 0.5) is 4.39 Å². The van der Waals surface area contributed by atoms with Crippen molar-refractivity contribution < 1.29 is 4.39 Å². The largest absolute Gasteiger partial charge is 0.310 e. The molecule has 0 aromatic heterocycles. The molecule has 106 valence electrons. The Bertz CT molecular complexity index is 401. The average molecular weight is 264 g/mol. The second-order valence-electron chi connectivity index (χ2n) is 5.57. The number of nitrogens with one attached hydrogen (secondary N) is 1. The molecule has 1 saturated heterocycles. The van der Waals surface area contributed by atoms with Crippen molar-refractivity contribution in [2.75, 3.05) is 19.6 Å². The molecule has 1 aromatic rings. The average Bonchev–Trinajstić information content (AvgIpc) is 2.64. The molecule has 1 fully saturated rings. The number of nitrogens with zero attached hydrogens (tertiary/aromatic N) is 1. The van der Waals surface area contributed by atoms with Gasteiger partial charge in [-0.25, -0.2) is 4.39 Å². The van der Waals surface area contributed by atoms with Gasteiger partial charge in [-0.3, -0.25) is 4.90 Å². The molecule has 0 unspecified atom stereocenters. The molecule has 0 saturated carbocycles. The molecule has 0 radical (unpaired) electrons. The molecule has 0 amide bonds. The summed E-state index contributed by atoms with van der Waals surface area (Å²) < 4.78 is 13.8. The van der Waals surface area contributed by atoms with Gasteiger partial charge in [-0.15, -0.1) is 0 Å². The lowest BCUT2D eigenvalue weighted by Crippen LogP contribution is -2.50. The summed E-state index contributed by atoms with van der Waals surface area (Å²) in [4.78, 5) is 2.39. The van der Waals surface area contributed by atoms with Gasteiger partial charge >= 0.3 is 0 Å². The minimum absolute atomic E-state index is 0.0849. The van der Waals surface area contributed by atoms with Gasteiger partial charge in [-0.1, -0.05) is 32.0 Å². The monoisotopic (exact) mass is 264 g/mol. The van der Waals surface area contributed by atoms with E-state index in [1.165, 1.54) is 0 Å². The zero-order valence-electron chi connectivity index (χ0n) is 12.1. The molecule has 0 aliphatic carbocycles. The minimum Gasteiger partial charge on any atom is -0.310 e. The molecule has 19 heavy (non-hydrogen) atoms. The zero-order valence-corrected chi connectivity index (χ0v) is 12.1. The van der Waals surface area contributed by atoms with Crippen LogP contribution in [0, 0.1) is 5.82 Å². The Morgan fingerprint density at radius 1 is 1.26 bits per heavy atom. The Morgan fingerprint density at radius 2 is 2.00 bits per heavy atom. The highest BCUT2D eigenvalue weighted by atomic mass is 19.1. The van der Waals surface area contributed by atoms with E-state index >= 15 is 0 Å². The fourth-order valence-corrected chi connectivity index (χ4v) is 2.95. The summed E-state index contributed by atoms with van der Waals surface area (Å²) in [7, 11) is 0. The lowest BCUT2D eigenvalue weighted by atomic mass is 9.92. The number of rotatable bonds is 4. The van der Waals surface area contributed by atoms with Gasteiger partial charge in [0.1, 0.15) is 5.82 Å². The van der Waals surface area contributed by atoms with Gasteiger partial charge in [0.25, 0.3) is 0 Å². The summed E-state index contributed by atoms with van der Waals surface area (Å²) in [5, 5.41) is 3.69. The molecular weight excluding hydrogens is 239 g/mol. The van der Waals surface area contributed by atoms with Crippen LogP contribution in [0.1, 0.15) is 38.7 Å². The first kappa shape index (κ1) is 14.5. The van der Waals surface area contributed by atoms with Crippen LogP contribution in [0.5, 0.6) is 0 Å². The fraction of sp³-hybridized carbons (Fsp3) is 0.625. The summed E-state index contributed by atoms with van der Waals surface area (Å²) in [5.74, 6) is -0.0849. The molecule has 0 atom stereocenters. The molecule has 0 bridgehead atoms. The van der Waals surface area contributed by atoms with Gasteiger partial charge < -0.3 is 5.32 Å². The van der Waals surface area contributed by atoms with Crippen LogP contribution in [0.25, 0.3) is 0 Å². The van der Waals surface area contributed by atoms with Crippen LogP contribution in [-0.4, -0.2) is 30.1 Å². The standard InChI is InChI=1S/C16H25FN2/c1-3-16(4-2)13-19(11-7-10-18-16)12-14-8-5-6-9-15(14)17/h5-6,8-9,18H,3-4,7,10-13H2,1-2H3. The van der Waals surface area contributed by atoms with Crippen LogP contribution >= 0.6 is 0 Å². The first-order chi connectivity index (χ1) is 9.19. The van der Waals surface area contributed by atoms with Gasteiger partial charge in [-0.05, 0) is 38.4 Å². The quantitative estimate of drug-likeness (QED) is 0.898. The van der Waals surface area contributed by atoms with Gasteiger partial charge in [0.05, 0.1) is 0 Å². The van der Waals surface area contributed by atoms with Gasteiger partial charge in [-0.2, -0.15) is 0 Å². The molecule has 1 aromatic carbocycles. The van der Waals surface area contributed by atoms with Crippen molar-refractivity contribution in [2.45, 2.75) is 45.2 Å². The summed E-state index contributed by atoms with van der Waals surface area (Å²) in [6.07, 6.45) is 3.38. The predicted octanol–water partition coefficient (Wildman–Crippen LogP) is 3.18. The van der Waals surface area contributed by atoms with Gasteiger partial charge in [0, 0.05) is 24.2 Å². The second-order valence-corrected chi connectivity index (χ2v) is 5.57. The summed E-state index contributed by atoms with van der Waals surface area (Å²) >= 11 is 0. The van der Waals surface area contributed by atoms with E-state index in [1.807, 2.05) is 12.1 Å². The van der Waals surface area contributed by atoms with Crippen molar-refractivity contribution in [1.82, 2.24) is 10.2 Å². The minimum atomic E-state index is -0.0849. The predicted molar refractivity (Wildman–Crippen MR) is 77.6 cm³/mol. The smallest absolute Gasteiger partial charge is 0.127 e. The highest BCUT2D eigenvalue weighted by molar-refractivity contribution is 5.17. The first-order valence-electron chi connectivity index (χ1n) is 7.40. The van der Waals surface area contributed by atoms with Gasteiger partial charge in [0.15, 0.2) is 0 Å². The molecule has 0 spiro atoms. The SMILES string of the molecule is CCC1(CC)CN(Cc2ccccc2F)CCCN1. The van der Waals surface area contributed by atoms with Crippen molar-refractivity contribution in [2.24, 2.45) is 0 Å². The van der Waals surface area contributed by atoms with E-state index < -0.39 is 0 Å². The third-order valence-corrected chi connectivity index (χ3v) is 4.38. The van der Waals surface area contributed by atoms with Crippen LogP contribution in [-0.2, 0) is 6.54 Å². The lowest BCUT2D eigenvalue weighted by molar-refractivity contribution is 0.189. The summed E-state index contributed by atoms with van der Waals surface area (Å²) in [6, 6.07) is 7.12. The number of hydrogen-bond acceptors (Lipinski definition) is 2. The van der Waals surface area contributed by atoms with Crippen LogP contribution < -0.4 is 5.32 Å². The maximum absolute atomic E-state index is 13.8. The fourth-order valence-electron chi connectivity index (χ4n) is 2.95. The third-order valence-electron chi connectivity index (χ3n) is 4.38. The van der Waals surface area contributed by atoms with E-state index in [1.54, 1.807) is 12.1 Å². The van der Waals surface area contributed by atoms with E-state index in [-0.39, 0.29) is 11.4 Å². The molecule has 1 heterocycles. The summed E-state index contributed by atoms with van der Waals surface area (Å²) in [6.45, 7) is 8.31. The maximum Gasteiger partial charge on any atom is 0.127 e. The first-order valence-corrected chi connectivity index (χ1v) is 7.40. The maximum atomic E-state index is 13.8. The zero-order chi connectivity index (χ0) is 13.7. The van der Waals surface area contributed by atoms with Crippen LogP contribution in [0.15, 0.2) is 24.3 Å². The summed E-state index contributed by atoms with van der Waals surface area (Å²) in [5.41, 5.74) is 1.01. The van der Waals surface area contributed by atoms with Crippen LogP contribution in [0.2, 0.25) is 0 Å². The molecule has 3 heteroatoms. The Kier molecular flexibility index (Phi) is 4.94. The van der Waals surface area contributed by atoms with E-state index in [0.717, 1.165) is 51.0 Å². The molecule has 2 nitrogen and oxygen atoms in total. The molecular formula is C16H25FN2. The Morgan fingerprint density at radius 3 is 2.68 bits per heavy atom. The molecule has 2 rings (SSSR count). The van der Waals surface area contributed by atoms with Crippen LogP contribution in [0.3, 0.4) is 0 Å². The molecule has 1 N–H and O–H groups in total. The van der Waals surface area contributed by atoms with Crippen molar-refractivity contribution in [3.05, 3.63) is 35.6 Å². The highest BCUT2D eigenvalue weighted by Gasteiger charge is 2.30.